The van der Waals surface area contributed by atoms with Crippen LogP contribution in [0.3, 0.4) is 0 Å². The highest BCUT2D eigenvalue weighted by Crippen LogP contribution is 2.19. The maximum Gasteiger partial charge on any atom is 0.228 e. The first-order valence-electron chi connectivity index (χ1n) is 6.62. The molecule has 0 bridgehead atoms. The summed E-state index contributed by atoms with van der Waals surface area (Å²) in [6.45, 7) is 0. The molecule has 0 aliphatic carbocycles. The minimum Gasteiger partial charge on any atom is -0.497 e. The van der Waals surface area contributed by atoms with Gasteiger partial charge in [0, 0.05) is 18.0 Å². The highest BCUT2D eigenvalue weighted by Gasteiger charge is 2.15. The predicted octanol–water partition coefficient (Wildman–Crippen LogP) is 2.28. The van der Waals surface area contributed by atoms with Gasteiger partial charge in [0.05, 0.1) is 18.4 Å². The van der Waals surface area contributed by atoms with Crippen molar-refractivity contribution in [1.29, 1.82) is 0 Å². The van der Waals surface area contributed by atoms with E-state index in [4.69, 9.17) is 4.74 Å². The minimum atomic E-state index is -3.36. The first-order chi connectivity index (χ1) is 10.4. The number of hydrogen-bond donors (Lipinski definition) is 1. The number of ether oxygens (including phenoxy) is 1. The zero-order valence-corrected chi connectivity index (χ0v) is 13.2. The first kappa shape index (κ1) is 16.0. The van der Waals surface area contributed by atoms with Gasteiger partial charge in [0.1, 0.15) is 5.75 Å². The smallest absolute Gasteiger partial charge is 0.228 e. The highest BCUT2D eigenvalue weighted by atomic mass is 32.2. The number of benzene rings is 2. The van der Waals surface area contributed by atoms with Gasteiger partial charge in [-0.2, -0.15) is 0 Å². The van der Waals surface area contributed by atoms with Crippen molar-refractivity contribution in [2.45, 2.75) is 11.3 Å². The SMILES string of the molecule is COc1cccc(NC(=O)Cc2ccccc2S(C)(=O)=O)c1. The van der Waals surface area contributed by atoms with Gasteiger partial charge in [-0.25, -0.2) is 8.42 Å². The van der Waals surface area contributed by atoms with Crippen molar-refractivity contribution in [3.05, 3.63) is 54.1 Å². The molecule has 1 N–H and O–H groups in total. The van der Waals surface area contributed by atoms with E-state index in [-0.39, 0.29) is 17.2 Å². The lowest BCUT2D eigenvalue weighted by molar-refractivity contribution is -0.115. The van der Waals surface area contributed by atoms with Crippen LogP contribution in [0.15, 0.2) is 53.4 Å². The summed E-state index contributed by atoms with van der Waals surface area (Å²) < 4.78 is 28.5. The number of anilines is 1. The fourth-order valence-corrected chi connectivity index (χ4v) is 3.03. The summed E-state index contributed by atoms with van der Waals surface area (Å²) in [6.07, 6.45) is 1.12. The average Bonchev–Trinajstić information content (AvgIpc) is 2.46. The minimum absolute atomic E-state index is 0.0134. The highest BCUT2D eigenvalue weighted by molar-refractivity contribution is 7.90. The number of carbonyl (C=O) groups excluding carboxylic acids is 1. The van der Waals surface area contributed by atoms with Crippen LogP contribution in [-0.4, -0.2) is 27.7 Å². The zero-order valence-electron chi connectivity index (χ0n) is 12.4. The molecule has 5 nitrogen and oxygen atoms in total. The number of nitrogens with one attached hydrogen (secondary N) is 1. The molecular formula is C16H17NO4S. The summed E-state index contributed by atoms with van der Waals surface area (Å²) >= 11 is 0. The van der Waals surface area contributed by atoms with Crippen molar-refractivity contribution < 1.29 is 17.9 Å². The lowest BCUT2D eigenvalue weighted by Gasteiger charge is -2.09. The van der Waals surface area contributed by atoms with E-state index in [0.29, 0.717) is 17.0 Å². The molecule has 2 aromatic rings. The Balaban J connectivity index is 2.16. The van der Waals surface area contributed by atoms with Crippen LogP contribution in [-0.2, 0) is 21.1 Å². The third-order valence-corrected chi connectivity index (χ3v) is 4.27. The molecule has 0 saturated carbocycles. The molecular weight excluding hydrogens is 302 g/mol. The van der Waals surface area contributed by atoms with E-state index >= 15 is 0 Å². The lowest BCUT2D eigenvalue weighted by atomic mass is 10.1. The van der Waals surface area contributed by atoms with E-state index in [2.05, 4.69) is 5.32 Å². The van der Waals surface area contributed by atoms with Crippen LogP contribution < -0.4 is 10.1 Å². The second-order valence-electron chi connectivity index (χ2n) is 4.84. The number of carbonyl (C=O) groups is 1. The van der Waals surface area contributed by atoms with Crippen LogP contribution in [0.5, 0.6) is 5.75 Å². The van der Waals surface area contributed by atoms with Crippen molar-refractivity contribution in [2.75, 3.05) is 18.7 Å². The molecule has 0 radical (unpaired) electrons. The predicted molar refractivity (Wildman–Crippen MR) is 84.9 cm³/mol. The molecule has 0 heterocycles. The van der Waals surface area contributed by atoms with Crippen LogP contribution in [0.1, 0.15) is 5.56 Å². The van der Waals surface area contributed by atoms with Gasteiger partial charge in [-0.15, -0.1) is 0 Å². The molecule has 0 unspecified atom stereocenters. The Morgan fingerprint density at radius 1 is 1.14 bits per heavy atom. The molecule has 0 spiro atoms. The molecule has 0 saturated heterocycles. The Kier molecular flexibility index (Phi) is 4.82. The number of hydrogen-bond acceptors (Lipinski definition) is 4. The Labute approximate surface area is 129 Å². The summed E-state index contributed by atoms with van der Waals surface area (Å²) in [6, 6.07) is 13.5. The van der Waals surface area contributed by atoms with Gasteiger partial charge in [-0.1, -0.05) is 24.3 Å². The number of methoxy groups -OCH3 is 1. The van der Waals surface area contributed by atoms with Gasteiger partial charge >= 0.3 is 0 Å². The lowest BCUT2D eigenvalue weighted by Crippen LogP contribution is -2.16. The van der Waals surface area contributed by atoms with E-state index in [1.165, 1.54) is 6.07 Å². The fourth-order valence-electron chi connectivity index (χ4n) is 2.09. The Bertz CT molecular complexity index is 784. The second-order valence-corrected chi connectivity index (χ2v) is 6.82. The molecule has 0 aliphatic heterocycles. The number of rotatable bonds is 5. The Morgan fingerprint density at radius 2 is 1.86 bits per heavy atom. The molecule has 2 rings (SSSR count). The van der Waals surface area contributed by atoms with E-state index in [1.54, 1.807) is 49.6 Å². The molecule has 6 heteroatoms. The largest absolute Gasteiger partial charge is 0.497 e. The summed E-state index contributed by atoms with van der Waals surface area (Å²) in [5, 5.41) is 2.73. The molecule has 22 heavy (non-hydrogen) atoms. The molecule has 0 atom stereocenters. The zero-order chi connectivity index (χ0) is 16.2. The monoisotopic (exact) mass is 319 g/mol. The third-order valence-electron chi connectivity index (χ3n) is 3.08. The molecule has 0 aliphatic rings. The fraction of sp³-hybridized carbons (Fsp3) is 0.188. The topological polar surface area (TPSA) is 72.5 Å². The molecule has 116 valence electrons. The Hall–Kier alpha value is -2.34. The number of sulfone groups is 1. The van der Waals surface area contributed by atoms with Crippen LogP contribution in [0.4, 0.5) is 5.69 Å². The molecule has 1 amide bonds. The van der Waals surface area contributed by atoms with E-state index in [1.807, 2.05) is 0 Å². The van der Waals surface area contributed by atoms with Crippen molar-refractivity contribution in [1.82, 2.24) is 0 Å². The van der Waals surface area contributed by atoms with Crippen molar-refractivity contribution in [2.24, 2.45) is 0 Å². The van der Waals surface area contributed by atoms with E-state index in [9.17, 15) is 13.2 Å². The van der Waals surface area contributed by atoms with Crippen molar-refractivity contribution >= 4 is 21.4 Å². The normalized spacial score (nSPS) is 11.0. The van der Waals surface area contributed by atoms with Gasteiger partial charge in [-0.05, 0) is 23.8 Å². The summed E-state index contributed by atoms with van der Waals surface area (Å²) in [7, 11) is -1.82. The van der Waals surface area contributed by atoms with Gasteiger partial charge in [0.25, 0.3) is 0 Å². The second kappa shape index (κ2) is 6.62. The Morgan fingerprint density at radius 3 is 2.55 bits per heavy atom. The maximum atomic E-state index is 12.1. The number of amides is 1. The van der Waals surface area contributed by atoms with Gasteiger partial charge in [0.15, 0.2) is 9.84 Å². The van der Waals surface area contributed by atoms with Crippen molar-refractivity contribution in [3.63, 3.8) is 0 Å². The summed E-state index contributed by atoms with van der Waals surface area (Å²) in [4.78, 5) is 12.3. The van der Waals surface area contributed by atoms with Crippen LogP contribution in [0.2, 0.25) is 0 Å². The van der Waals surface area contributed by atoms with Gasteiger partial charge in [-0.3, -0.25) is 4.79 Å². The van der Waals surface area contributed by atoms with Crippen LogP contribution >= 0.6 is 0 Å². The standard InChI is InChI=1S/C16H17NO4S/c1-21-14-8-5-7-13(11-14)17-16(18)10-12-6-3-4-9-15(12)22(2,19)20/h3-9,11H,10H2,1-2H3,(H,17,18). The quantitative estimate of drug-likeness (QED) is 0.917. The van der Waals surface area contributed by atoms with Gasteiger partial charge in [0.2, 0.25) is 5.91 Å². The first-order valence-corrected chi connectivity index (χ1v) is 8.51. The molecule has 0 fully saturated rings. The van der Waals surface area contributed by atoms with E-state index in [0.717, 1.165) is 6.26 Å². The van der Waals surface area contributed by atoms with Crippen LogP contribution in [0.25, 0.3) is 0 Å². The van der Waals surface area contributed by atoms with E-state index < -0.39 is 9.84 Å². The maximum absolute atomic E-state index is 12.1. The average molecular weight is 319 g/mol. The molecule has 2 aromatic carbocycles. The van der Waals surface area contributed by atoms with Crippen LogP contribution in [0, 0.1) is 0 Å². The third kappa shape index (κ3) is 4.08. The van der Waals surface area contributed by atoms with Gasteiger partial charge < -0.3 is 10.1 Å². The summed E-state index contributed by atoms with van der Waals surface area (Å²) in [5.74, 6) is 0.346. The summed E-state index contributed by atoms with van der Waals surface area (Å²) in [5.41, 5.74) is 1.08. The van der Waals surface area contributed by atoms with Crippen molar-refractivity contribution in [3.8, 4) is 5.75 Å². The molecule has 0 aromatic heterocycles.